The van der Waals surface area contributed by atoms with Crippen molar-refractivity contribution in [2.45, 2.75) is 12.1 Å². The molecule has 52 valence electrons. The molecule has 0 saturated carbocycles. The van der Waals surface area contributed by atoms with Crippen LogP contribution in [0.15, 0.2) is 17.1 Å². The first kappa shape index (κ1) is 5.61. The summed E-state index contributed by atoms with van der Waals surface area (Å²) in [6.07, 6.45) is 5.39. The van der Waals surface area contributed by atoms with Crippen LogP contribution in [0.5, 0.6) is 0 Å². The Morgan fingerprint density at radius 2 is 2.50 bits per heavy atom. The van der Waals surface area contributed by atoms with E-state index in [0.29, 0.717) is 0 Å². The lowest BCUT2D eigenvalue weighted by atomic mass is 10.1. The van der Waals surface area contributed by atoms with Crippen LogP contribution in [-0.2, 0) is 4.79 Å². The van der Waals surface area contributed by atoms with E-state index in [0.717, 1.165) is 0 Å². The van der Waals surface area contributed by atoms with Crippen molar-refractivity contribution in [3.63, 3.8) is 0 Å². The largest absolute Gasteiger partial charge is 0.289 e. The topological polar surface area (TPSA) is 53.5 Å². The Balaban J connectivity index is 2.27. The average molecular weight is 137 g/mol. The number of fused-ring (bicyclic) bond motifs is 1. The van der Waals surface area contributed by atoms with Gasteiger partial charge < -0.3 is 0 Å². The Morgan fingerprint density at radius 1 is 1.60 bits per heavy atom. The number of rotatable bonds is 0. The molecule has 0 aromatic heterocycles. The summed E-state index contributed by atoms with van der Waals surface area (Å²) in [5.74, 6) is -0.0504. The summed E-state index contributed by atoms with van der Waals surface area (Å²) in [5.41, 5.74) is 5.32. The lowest BCUT2D eigenvalue weighted by molar-refractivity contribution is -0.120. The second-order valence-electron chi connectivity index (χ2n) is 2.29. The number of hydrogen-bond donors (Lipinski definition) is 2. The van der Waals surface area contributed by atoms with E-state index >= 15 is 0 Å². The number of nitrogens with zero attached hydrogens (tertiary/aromatic N) is 1. The van der Waals surface area contributed by atoms with Crippen LogP contribution in [-0.4, -0.2) is 24.2 Å². The minimum Gasteiger partial charge on any atom is -0.289 e. The maximum Gasteiger partial charge on any atom is 0.260 e. The molecule has 0 radical (unpaired) electrons. The third kappa shape index (κ3) is 0.657. The highest BCUT2D eigenvalue weighted by molar-refractivity contribution is 5.88. The maximum atomic E-state index is 10.9. The summed E-state index contributed by atoms with van der Waals surface area (Å²) in [6, 6.07) is -0.192. The van der Waals surface area contributed by atoms with Crippen LogP contribution in [0.2, 0.25) is 0 Å². The Hall–Kier alpha value is -1.16. The van der Waals surface area contributed by atoms with Gasteiger partial charge >= 0.3 is 0 Å². The molecule has 2 aliphatic rings. The van der Waals surface area contributed by atoms with Gasteiger partial charge in [0, 0.05) is 6.21 Å². The van der Waals surface area contributed by atoms with Gasteiger partial charge in [-0.3, -0.25) is 15.2 Å². The van der Waals surface area contributed by atoms with E-state index in [1.54, 1.807) is 6.21 Å². The number of hydrogen-bond acceptors (Lipinski definition) is 3. The third-order valence-electron chi connectivity index (χ3n) is 1.62. The molecule has 1 fully saturated rings. The van der Waals surface area contributed by atoms with E-state index < -0.39 is 0 Å². The van der Waals surface area contributed by atoms with Gasteiger partial charge in [-0.15, -0.1) is 0 Å². The zero-order valence-corrected chi connectivity index (χ0v) is 5.24. The summed E-state index contributed by atoms with van der Waals surface area (Å²) in [5, 5.41) is 0. The maximum absolute atomic E-state index is 10.9. The summed E-state index contributed by atoms with van der Waals surface area (Å²) >= 11 is 0. The van der Waals surface area contributed by atoms with Crippen LogP contribution < -0.4 is 10.9 Å². The fourth-order valence-electron chi connectivity index (χ4n) is 1.10. The van der Waals surface area contributed by atoms with Crippen LogP contribution in [0, 0.1) is 0 Å². The van der Waals surface area contributed by atoms with Crippen LogP contribution in [0.4, 0.5) is 0 Å². The van der Waals surface area contributed by atoms with Gasteiger partial charge in [0.25, 0.3) is 5.91 Å². The molecule has 0 bridgehead atoms. The molecule has 2 heterocycles. The number of dihydropyridines is 1. The lowest BCUT2D eigenvalue weighted by Gasteiger charge is -2.09. The molecule has 4 nitrogen and oxygen atoms in total. The highest BCUT2D eigenvalue weighted by atomic mass is 16.2. The summed E-state index contributed by atoms with van der Waals surface area (Å²) in [6.45, 7) is 0. The van der Waals surface area contributed by atoms with E-state index in [1.165, 1.54) is 0 Å². The van der Waals surface area contributed by atoms with Crippen LogP contribution in [0.25, 0.3) is 0 Å². The van der Waals surface area contributed by atoms with Gasteiger partial charge in [-0.05, 0) is 6.08 Å². The molecule has 2 N–H and O–H groups in total. The Bertz CT molecular complexity index is 221. The molecular formula is C6H7N3O. The zero-order valence-electron chi connectivity index (χ0n) is 5.24. The molecule has 2 unspecified atom stereocenters. The molecule has 2 rings (SSSR count). The van der Waals surface area contributed by atoms with E-state index in [9.17, 15) is 4.79 Å². The normalized spacial score (nSPS) is 35.8. The van der Waals surface area contributed by atoms with E-state index in [2.05, 4.69) is 15.8 Å². The van der Waals surface area contributed by atoms with Crippen molar-refractivity contribution in [1.82, 2.24) is 10.9 Å². The molecule has 2 aliphatic heterocycles. The molecule has 0 spiro atoms. The molecule has 1 saturated heterocycles. The average Bonchev–Trinajstić information content (AvgIpc) is 2.34. The van der Waals surface area contributed by atoms with Crippen molar-refractivity contribution in [2.75, 3.05) is 0 Å². The zero-order chi connectivity index (χ0) is 6.97. The van der Waals surface area contributed by atoms with Crippen LogP contribution in [0.3, 0.4) is 0 Å². The standard InChI is InChI=1S/C6H7N3O/c10-6-5-4(8-9-6)2-1-3-7-5/h1-5,8H,(H,9,10). The van der Waals surface area contributed by atoms with Gasteiger partial charge in [-0.2, -0.15) is 0 Å². The van der Waals surface area contributed by atoms with Crippen LogP contribution >= 0.6 is 0 Å². The number of amides is 1. The third-order valence-corrected chi connectivity index (χ3v) is 1.62. The van der Waals surface area contributed by atoms with Crippen LogP contribution in [0.1, 0.15) is 0 Å². The van der Waals surface area contributed by atoms with Crippen molar-refractivity contribution in [3.8, 4) is 0 Å². The molecule has 0 aliphatic carbocycles. The van der Waals surface area contributed by atoms with Crippen molar-refractivity contribution in [1.29, 1.82) is 0 Å². The van der Waals surface area contributed by atoms with Crippen molar-refractivity contribution < 1.29 is 4.79 Å². The summed E-state index contributed by atoms with van der Waals surface area (Å²) in [4.78, 5) is 14.9. The number of aliphatic imine (C=N–C) groups is 1. The number of carbonyl (C=O) groups is 1. The van der Waals surface area contributed by atoms with E-state index in [1.807, 2.05) is 12.2 Å². The van der Waals surface area contributed by atoms with Crippen molar-refractivity contribution in [2.24, 2.45) is 4.99 Å². The summed E-state index contributed by atoms with van der Waals surface area (Å²) < 4.78 is 0. The van der Waals surface area contributed by atoms with Gasteiger partial charge in [0.15, 0.2) is 6.04 Å². The quantitative estimate of drug-likeness (QED) is 0.450. The number of allylic oxidation sites excluding steroid dienone is 1. The SMILES string of the molecule is O=C1NNC2C=CC=NC12. The molecule has 2 atom stereocenters. The molecule has 10 heavy (non-hydrogen) atoms. The molecular weight excluding hydrogens is 130 g/mol. The molecule has 0 aromatic rings. The Labute approximate surface area is 58.0 Å². The number of nitrogens with one attached hydrogen (secondary N) is 2. The molecule has 4 heteroatoms. The first-order valence-electron chi connectivity index (χ1n) is 3.13. The lowest BCUT2D eigenvalue weighted by Crippen LogP contribution is -2.31. The predicted octanol–water partition coefficient (Wildman–Crippen LogP) is -1.00. The fourth-order valence-corrected chi connectivity index (χ4v) is 1.10. The minimum absolute atomic E-state index is 0.0504. The van der Waals surface area contributed by atoms with Gasteiger partial charge in [-0.1, -0.05) is 6.08 Å². The van der Waals surface area contributed by atoms with Gasteiger partial charge in [0.2, 0.25) is 0 Å². The Kier molecular flexibility index (Phi) is 1.07. The Morgan fingerprint density at radius 3 is 3.30 bits per heavy atom. The van der Waals surface area contributed by atoms with Gasteiger partial charge in [0.1, 0.15) is 0 Å². The predicted molar refractivity (Wildman–Crippen MR) is 36.5 cm³/mol. The van der Waals surface area contributed by atoms with E-state index in [4.69, 9.17) is 0 Å². The summed E-state index contributed by atoms with van der Waals surface area (Å²) in [7, 11) is 0. The monoisotopic (exact) mass is 137 g/mol. The number of carbonyl (C=O) groups excluding carboxylic acids is 1. The molecule has 0 aromatic carbocycles. The van der Waals surface area contributed by atoms with Gasteiger partial charge in [-0.25, -0.2) is 5.43 Å². The minimum atomic E-state index is -0.245. The van der Waals surface area contributed by atoms with E-state index in [-0.39, 0.29) is 18.0 Å². The first-order valence-corrected chi connectivity index (χ1v) is 3.13. The second kappa shape index (κ2) is 1.91. The first-order chi connectivity index (χ1) is 4.88. The second-order valence-corrected chi connectivity index (χ2v) is 2.29. The van der Waals surface area contributed by atoms with Crippen molar-refractivity contribution in [3.05, 3.63) is 12.2 Å². The highest BCUT2D eigenvalue weighted by Crippen LogP contribution is 2.08. The smallest absolute Gasteiger partial charge is 0.260 e. The highest BCUT2D eigenvalue weighted by Gasteiger charge is 2.32. The van der Waals surface area contributed by atoms with Gasteiger partial charge in [0.05, 0.1) is 6.04 Å². The number of hydrazine groups is 1. The van der Waals surface area contributed by atoms with Crippen molar-refractivity contribution >= 4 is 12.1 Å². The molecule has 1 amide bonds. The fraction of sp³-hybridized carbons (Fsp3) is 0.333.